The molecule has 3 heterocycles. The first-order valence-corrected chi connectivity index (χ1v) is 13.5. The monoisotopic (exact) mass is 552 g/mol. The van der Waals surface area contributed by atoms with Crippen LogP contribution in [0, 0.1) is 17.1 Å². The lowest BCUT2D eigenvalue weighted by Crippen LogP contribution is -1.99. The molecule has 0 saturated heterocycles. The highest BCUT2D eigenvalue weighted by Gasteiger charge is 2.14. The Morgan fingerprint density at radius 2 is 1.50 bits per heavy atom. The fourth-order valence-electron chi connectivity index (χ4n) is 5.20. The lowest BCUT2D eigenvalue weighted by molar-refractivity contribution is 0.626. The van der Waals surface area contributed by atoms with Crippen molar-refractivity contribution >= 4 is 51.5 Å². The highest BCUT2D eigenvalue weighted by molar-refractivity contribution is 6.30. The molecule has 0 amide bonds. The SMILES string of the molecule is N#Cc1cc(F)c(Nc2ccc3c(c2)CCC3)nc1Cl.Nc1[nH]nc2nc(Nc3ccc4c(c3)CCC4)ccc12. The second-order valence-corrected chi connectivity index (χ2v) is 10.3. The highest BCUT2D eigenvalue weighted by atomic mass is 35.5. The first-order valence-electron chi connectivity index (χ1n) is 13.1. The van der Waals surface area contributed by atoms with Crippen LogP contribution in [0.25, 0.3) is 11.0 Å². The van der Waals surface area contributed by atoms with Gasteiger partial charge in [0.1, 0.15) is 22.9 Å². The number of nitrogen functional groups attached to an aromatic ring is 1. The maximum Gasteiger partial charge on any atom is 0.185 e. The summed E-state index contributed by atoms with van der Waals surface area (Å²) < 4.78 is 13.8. The molecule has 0 aliphatic heterocycles. The zero-order valence-electron chi connectivity index (χ0n) is 21.6. The van der Waals surface area contributed by atoms with Crippen molar-refractivity contribution < 1.29 is 4.39 Å². The number of aryl methyl sites for hydroxylation is 4. The maximum atomic E-state index is 13.8. The lowest BCUT2D eigenvalue weighted by atomic mass is 10.1. The van der Waals surface area contributed by atoms with Crippen molar-refractivity contribution in [2.45, 2.75) is 38.5 Å². The Morgan fingerprint density at radius 3 is 2.17 bits per heavy atom. The van der Waals surface area contributed by atoms with Crippen molar-refractivity contribution in [1.29, 1.82) is 5.26 Å². The number of halogens is 2. The molecule has 0 spiro atoms. The average molecular weight is 553 g/mol. The molecule has 7 rings (SSSR count). The van der Waals surface area contributed by atoms with Crippen LogP contribution in [0.5, 0.6) is 0 Å². The van der Waals surface area contributed by atoms with Crippen molar-refractivity contribution in [3.63, 3.8) is 0 Å². The summed E-state index contributed by atoms with van der Waals surface area (Å²) in [6, 6.07) is 19.2. The van der Waals surface area contributed by atoms with Crippen molar-refractivity contribution in [1.82, 2.24) is 20.2 Å². The quantitative estimate of drug-likeness (QED) is 0.181. The number of aromatic nitrogens is 4. The number of rotatable bonds is 4. The molecule has 200 valence electrons. The van der Waals surface area contributed by atoms with Gasteiger partial charge in [0.25, 0.3) is 0 Å². The number of nitrogens with one attached hydrogen (secondary N) is 3. The zero-order chi connectivity index (χ0) is 27.6. The van der Waals surface area contributed by atoms with Gasteiger partial charge in [-0.15, -0.1) is 0 Å². The predicted octanol–water partition coefficient (Wildman–Crippen LogP) is 6.75. The number of pyridine rings is 2. The minimum Gasteiger partial charge on any atom is -0.384 e. The van der Waals surface area contributed by atoms with E-state index < -0.39 is 5.82 Å². The third kappa shape index (κ3) is 5.26. The molecule has 2 aliphatic rings. The van der Waals surface area contributed by atoms with Crippen molar-refractivity contribution in [2.24, 2.45) is 0 Å². The number of benzene rings is 2. The van der Waals surface area contributed by atoms with Gasteiger partial charge < -0.3 is 16.4 Å². The molecule has 5 N–H and O–H groups in total. The van der Waals surface area contributed by atoms with Crippen LogP contribution in [-0.2, 0) is 25.7 Å². The third-order valence-corrected chi connectivity index (χ3v) is 7.52. The Hall–Kier alpha value is -4.68. The second kappa shape index (κ2) is 10.8. The molecule has 0 unspecified atom stereocenters. The average Bonchev–Trinajstić information content (AvgIpc) is 3.70. The maximum absolute atomic E-state index is 13.8. The minimum atomic E-state index is -0.591. The summed E-state index contributed by atoms with van der Waals surface area (Å²) in [6.07, 6.45) is 6.95. The fourth-order valence-corrected chi connectivity index (χ4v) is 5.38. The van der Waals surface area contributed by atoms with Crippen LogP contribution in [0.15, 0.2) is 54.6 Å². The van der Waals surface area contributed by atoms with Gasteiger partial charge in [0.05, 0.1) is 10.9 Å². The fraction of sp³-hybridized carbons (Fsp3) is 0.200. The number of fused-ring (bicyclic) bond motifs is 3. The largest absolute Gasteiger partial charge is 0.384 e. The van der Waals surface area contributed by atoms with Crippen LogP contribution in [0.2, 0.25) is 5.15 Å². The van der Waals surface area contributed by atoms with Crippen LogP contribution in [0.1, 0.15) is 40.7 Å². The van der Waals surface area contributed by atoms with Crippen molar-refractivity contribution in [3.8, 4) is 6.07 Å². The number of hydrogen-bond acceptors (Lipinski definition) is 7. The molecule has 0 bridgehead atoms. The Kier molecular flexibility index (Phi) is 6.93. The molecule has 3 aromatic heterocycles. The van der Waals surface area contributed by atoms with Gasteiger partial charge in [0.2, 0.25) is 0 Å². The Labute approximate surface area is 235 Å². The zero-order valence-corrected chi connectivity index (χ0v) is 22.3. The van der Waals surface area contributed by atoms with Crippen LogP contribution in [0.4, 0.5) is 33.2 Å². The number of nitrogens with zero attached hydrogens (tertiary/aromatic N) is 4. The molecule has 40 heavy (non-hydrogen) atoms. The van der Waals surface area contributed by atoms with Gasteiger partial charge in [-0.05, 0) is 103 Å². The molecular formula is C30H26ClFN8. The number of anilines is 5. The molecular weight excluding hydrogens is 527 g/mol. The summed E-state index contributed by atoms with van der Waals surface area (Å²) in [5.41, 5.74) is 13.8. The smallest absolute Gasteiger partial charge is 0.185 e. The van der Waals surface area contributed by atoms with Crippen LogP contribution in [0.3, 0.4) is 0 Å². The van der Waals surface area contributed by atoms with E-state index in [1.165, 1.54) is 41.5 Å². The molecule has 8 nitrogen and oxygen atoms in total. The van der Waals surface area contributed by atoms with Gasteiger partial charge >= 0.3 is 0 Å². The molecule has 0 saturated carbocycles. The second-order valence-electron chi connectivity index (χ2n) is 9.90. The molecule has 10 heteroatoms. The van der Waals surface area contributed by atoms with Gasteiger partial charge in [-0.1, -0.05) is 23.7 Å². The van der Waals surface area contributed by atoms with Crippen LogP contribution >= 0.6 is 11.6 Å². The molecule has 2 aliphatic carbocycles. The van der Waals surface area contributed by atoms with E-state index in [-0.39, 0.29) is 16.5 Å². The van der Waals surface area contributed by atoms with E-state index >= 15 is 0 Å². The van der Waals surface area contributed by atoms with E-state index in [2.05, 4.69) is 49.0 Å². The Bertz CT molecular complexity index is 1770. The van der Waals surface area contributed by atoms with Gasteiger partial charge in [-0.3, -0.25) is 5.10 Å². The highest BCUT2D eigenvalue weighted by Crippen LogP contribution is 2.29. The number of aromatic amines is 1. The normalized spacial score (nSPS) is 13.2. The summed E-state index contributed by atoms with van der Waals surface area (Å²) >= 11 is 5.82. The number of nitrogens with two attached hydrogens (primary N) is 1. The molecule has 2 aromatic carbocycles. The van der Waals surface area contributed by atoms with Crippen molar-refractivity contribution in [3.05, 3.63) is 93.4 Å². The Morgan fingerprint density at radius 1 is 0.850 bits per heavy atom. The van der Waals surface area contributed by atoms with Gasteiger partial charge in [-0.25, -0.2) is 14.4 Å². The van der Waals surface area contributed by atoms with E-state index in [1.807, 2.05) is 30.3 Å². The van der Waals surface area contributed by atoms with Crippen molar-refractivity contribution in [2.75, 3.05) is 16.4 Å². The lowest BCUT2D eigenvalue weighted by Gasteiger charge is -2.09. The summed E-state index contributed by atoms with van der Waals surface area (Å²) in [4.78, 5) is 8.34. The standard InChI is InChI=1S/C15H11ClFN3.C15H15N5/c16-14-11(8-18)7-13(17)15(20-14)19-12-5-4-9-2-1-3-10(9)6-12;16-14-12-6-7-13(18-15(12)20-19-14)17-11-5-4-9-2-1-3-10(9)8-11/h4-7H,1-3H2,(H,19,20);4-8H,1-3H2,(H4,16,17,18,19,20). The van der Waals surface area contributed by atoms with E-state index in [4.69, 9.17) is 22.6 Å². The number of nitriles is 1. The van der Waals surface area contributed by atoms with Crippen LogP contribution < -0.4 is 16.4 Å². The number of hydrogen-bond donors (Lipinski definition) is 4. The predicted molar refractivity (Wildman–Crippen MR) is 156 cm³/mol. The molecule has 5 aromatic rings. The summed E-state index contributed by atoms with van der Waals surface area (Å²) in [5.74, 6) is 0.775. The molecule has 0 fully saturated rings. The van der Waals surface area contributed by atoms with Gasteiger partial charge in [0.15, 0.2) is 17.3 Å². The Balaban J connectivity index is 0.000000145. The first kappa shape index (κ1) is 25.6. The summed E-state index contributed by atoms with van der Waals surface area (Å²) in [7, 11) is 0. The summed E-state index contributed by atoms with van der Waals surface area (Å²) in [6.45, 7) is 0. The van der Waals surface area contributed by atoms with E-state index in [1.54, 1.807) is 6.07 Å². The summed E-state index contributed by atoms with van der Waals surface area (Å²) in [5, 5.41) is 22.7. The van der Waals surface area contributed by atoms with Gasteiger partial charge in [-0.2, -0.15) is 10.4 Å². The third-order valence-electron chi connectivity index (χ3n) is 7.23. The number of H-pyrrole nitrogens is 1. The van der Waals surface area contributed by atoms with Crippen LogP contribution in [-0.4, -0.2) is 20.2 Å². The van der Waals surface area contributed by atoms with Gasteiger partial charge in [0, 0.05) is 11.4 Å². The minimum absolute atomic E-state index is 0.00226. The molecule has 0 radical (unpaired) electrons. The molecule has 0 atom stereocenters. The van der Waals surface area contributed by atoms with E-state index in [0.29, 0.717) is 11.5 Å². The van der Waals surface area contributed by atoms with E-state index in [9.17, 15) is 4.39 Å². The first-order chi connectivity index (χ1) is 19.5. The topological polar surface area (TPSA) is 128 Å². The van der Waals surface area contributed by atoms with E-state index in [0.717, 1.165) is 47.9 Å².